The highest BCUT2D eigenvalue weighted by molar-refractivity contribution is 5.85. The molecule has 1 saturated heterocycles. The number of piperidine rings is 1. The SMILES string of the molecule is CCC(=O)C(c1ccccc1)C1CC[NH+](CCc2ccccc2)CC1. The fourth-order valence-corrected chi connectivity index (χ4v) is 4.20. The summed E-state index contributed by atoms with van der Waals surface area (Å²) in [7, 11) is 0. The number of Topliss-reactive ketones (excluding diaryl/α,β-unsaturated/α-hetero) is 1. The number of carbonyl (C=O) groups is 1. The third kappa shape index (κ3) is 4.79. The summed E-state index contributed by atoms with van der Waals surface area (Å²) in [5.74, 6) is 1.01. The van der Waals surface area contributed by atoms with Gasteiger partial charge in [-0.25, -0.2) is 0 Å². The molecule has 0 bridgehead atoms. The van der Waals surface area contributed by atoms with Crippen LogP contribution in [0.3, 0.4) is 0 Å². The Bertz CT molecular complexity index is 644. The van der Waals surface area contributed by atoms with E-state index in [0.29, 0.717) is 18.1 Å². The maximum atomic E-state index is 12.6. The zero-order valence-corrected chi connectivity index (χ0v) is 15.3. The Morgan fingerprint density at radius 1 is 1.00 bits per heavy atom. The van der Waals surface area contributed by atoms with Gasteiger partial charge in [0.2, 0.25) is 0 Å². The number of hydrogen-bond donors (Lipinski definition) is 1. The molecular formula is C23H30NO+. The Morgan fingerprint density at radius 3 is 2.20 bits per heavy atom. The Labute approximate surface area is 151 Å². The molecule has 1 N–H and O–H groups in total. The topological polar surface area (TPSA) is 21.5 Å². The maximum Gasteiger partial charge on any atom is 0.140 e. The first-order chi connectivity index (χ1) is 12.3. The van der Waals surface area contributed by atoms with Gasteiger partial charge < -0.3 is 4.90 Å². The fraction of sp³-hybridized carbons (Fsp3) is 0.435. The smallest absolute Gasteiger partial charge is 0.140 e. The van der Waals surface area contributed by atoms with E-state index in [4.69, 9.17) is 0 Å². The summed E-state index contributed by atoms with van der Waals surface area (Å²) in [4.78, 5) is 14.3. The van der Waals surface area contributed by atoms with Crippen LogP contribution < -0.4 is 4.90 Å². The van der Waals surface area contributed by atoms with Crippen molar-refractivity contribution in [1.82, 2.24) is 0 Å². The minimum absolute atomic E-state index is 0.0990. The van der Waals surface area contributed by atoms with Crippen LogP contribution in [0.15, 0.2) is 60.7 Å². The molecule has 1 unspecified atom stereocenters. The average molecular weight is 336 g/mol. The van der Waals surface area contributed by atoms with Gasteiger partial charge in [-0.15, -0.1) is 0 Å². The van der Waals surface area contributed by atoms with Crippen molar-refractivity contribution in [2.24, 2.45) is 5.92 Å². The first-order valence-electron chi connectivity index (χ1n) is 9.73. The molecule has 2 aromatic rings. The molecule has 132 valence electrons. The molecule has 25 heavy (non-hydrogen) atoms. The van der Waals surface area contributed by atoms with E-state index >= 15 is 0 Å². The van der Waals surface area contributed by atoms with Gasteiger partial charge >= 0.3 is 0 Å². The minimum atomic E-state index is 0.0990. The molecular weight excluding hydrogens is 306 g/mol. The molecule has 0 radical (unpaired) electrons. The molecule has 1 heterocycles. The van der Waals surface area contributed by atoms with Gasteiger partial charge in [0.05, 0.1) is 19.6 Å². The van der Waals surface area contributed by atoms with E-state index in [1.54, 1.807) is 4.90 Å². The summed E-state index contributed by atoms with van der Waals surface area (Å²) in [5.41, 5.74) is 2.65. The van der Waals surface area contributed by atoms with Crippen LogP contribution in [0.2, 0.25) is 0 Å². The lowest BCUT2D eigenvalue weighted by atomic mass is 9.77. The van der Waals surface area contributed by atoms with Crippen LogP contribution >= 0.6 is 0 Å². The van der Waals surface area contributed by atoms with Gasteiger partial charge in [0.15, 0.2) is 0 Å². The average Bonchev–Trinajstić information content (AvgIpc) is 2.69. The molecule has 0 spiro atoms. The third-order valence-corrected chi connectivity index (χ3v) is 5.67. The largest absolute Gasteiger partial charge is 0.335 e. The first kappa shape index (κ1) is 17.9. The van der Waals surface area contributed by atoms with Crippen LogP contribution in [-0.2, 0) is 11.2 Å². The second kappa shape index (κ2) is 8.96. The van der Waals surface area contributed by atoms with Crippen LogP contribution in [0.1, 0.15) is 43.2 Å². The van der Waals surface area contributed by atoms with Gasteiger partial charge in [-0.1, -0.05) is 67.6 Å². The molecule has 0 aliphatic carbocycles. The van der Waals surface area contributed by atoms with Crippen LogP contribution in [0.5, 0.6) is 0 Å². The Hall–Kier alpha value is -1.93. The predicted molar refractivity (Wildman–Crippen MR) is 103 cm³/mol. The predicted octanol–water partition coefficient (Wildman–Crippen LogP) is 3.29. The summed E-state index contributed by atoms with van der Waals surface area (Å²) in [6.45, 7) is 5.59. The number of carbonyl (C=O) groups excluding carboxylic acids is 1. The molecule has 1 aliphatic heterocycles. The zero-order chi connectivity index (χ0) is 17.5. The van der Waals surface area contributed by atoms with E-state index in [2.05, 4.69) is 54.6 Å². The molecule has 3 rings (SSSR count). The number of quaternary nitrogens is 1. The van der Waals surface area contributed by atoms with Crippen LogP contribution in [-0.4, -0.2) is 25.4 Å². The van der Waals surface area contributed by atoms with Crippen molar-refractivity contribution >= 4 is 5.78 Å². The van der Waals surface area contributed by atoms with E-state index < -0.39 is 0 Å². The highest BCUT2D eigenvalue weighted by atomic mass is 16.1. The maximum absolute atomic E-state index is 12.6. The molecule has 0 aromatic heterocycles. The van der Waals surface area contributed by atoms with Gasteiger partial charge in [0.25, 0.3) is 0 Å². The summed E-state index contributed by atoms with van der Waals surface area (Å²) < 4.78 is 0. The lowest BCUT2D eigenvalue weighted by molar-refractivity contribution is -0.906. The van der Waals surface area contributed by atoms with E-state index in [9.17, 15) is 4.79 Å². The number of nitrogens with one attached hydrogen (secondary N) is 1. The Balaban J connectivity index is 1.57. The number of benzene rings is 2. The van der Waals surface area contributed by atoms with Gasteiger partial charge in [-0.3, -0.25) is 4.79 Å². The summed E-state index contributed by atoms with van der Waals surface area (Å²) in [5, 5.41) is 0. The molecule has 2 heteroatoms. The lowest BCUT2D eigenvalue weighted by Gasteiger charge is -2.33. The molecule has 2 nitrogen and oxygen atoms in total. The van der Waals surface area contributed by atoms with Crippen molar-refractivity contribution in [1.29, 1.82) is 0 Å². The lowest BCUT2D eigenvalue weighted by Crippen LogP contribution is -3.13. The second-order valence-electron chi connectivity index (χ2n) is 7.28. The van der Waals surface area contributed by atoms with Crippen LogP contribution in [0.25, 0.3) is 0 Å². The van der Waals surface area contributed by atoms with Crippen molar-refractivity contribution in [3.63, 3.8) is 0 Å². The van der Waals surface area contributed by atoms with Crippen molar-refractivity contribution in [3.05, 3.63) is 71.8 Å². The van der Waals surface area contributed by atoms with E-state index in [1.807, 2.05) is 13.0 Å². The number of hydrogen-bond acceptors (Lipinski definition) is 1. The Morgan fingerprint density at radius 2 is 1.60 bits per heavy atom. The molecule has 0 amide bonds. The highest BCUT2D eigenvalue weighted by Gasteiger charge is 2.32. The quantitative estimate of drug-likeness (QED) is 0.823. The van der Waals surface area contributed by atoms with Crippen molar-refractivity contribution < 1.29 is 9.69 Å². The number of rotatable bonds is 7. The number of likely N-dealkylation sites (tertiary alicyclic amines) is 1. The summed E-state index contributed by atoms with van der Waals surface area (Å²) >= 11 is 0. The molecule has 1 atom stereocenters. The monoisotopic (exact) mass is 336 g/mol. The molecule has 2 aromatic carbocycles. The fourth-order valence-electron chi connectivity index (χ4n) is 4.20. The van der Waals surface area contributed by atoms with E-state index in [-0.39, 0.29) is 5.92 Å². The number of ketones is 1. The zero-order valence-electron chi connectivity index (χ0n) is 15.3. The molecule has 0 saturated carbocycles. The van der Waals surface area contributed by atoms with Gasteiger partial charge in [0, 0.05) is 31.6 Å². The van der Waals surface area contributed by atoms with Crippen molar-refractivity contribution in [3.8, 4) is 0 Å². The molecule has 1 aliphatic rings. The van der Waals surface area contributed by atoms with E-state index in [1.165, 1.54) is 30.8 Å². The van der Waals surface area contributed by atoms with Gasteiger partial charge in [-0.2, -0.15) is 0 Å². The van der Waals surface area contributed by atoms with Crippen LogP contribution in [0, 0.1) is 5.92 Å². The van der Waals surface area contributed by atoms with Crippen molar-refractivity contribution in [2.45, 2.75) is 38.5 Å². The first-order valence-corrected chi connectivity index (χ1v) is 9.73. The summed E-state index contributed by atoms with van der Waals surface area (Å²) in [6.07, 6.45) is 4.11. The standard InChI is InChI=1S/C23H29NO/c1-2-22(25)23(20-11-7-4-8-12-20)21-14-17-24(18-15-21)16-13-19-9-5-3-6-10-19/h3-12,21,23H,2,13-18H2,1H3/p+1. The summed E-state index contributed by atoms with van der Waals surface area (Å²) in [6, 6.07) is 21.2. The highest BCUT2D eigenvalue weighted by Crippen LogP contribution is 2.32. The van der Waals surface area contributed by atoms with Crippen LogP contribution in [0.4, 0.5) is 0 Å². The van der Waals surface area contributed by atoms with Crippen molar-refractivity contribution in [2.75, 3.05) is 19.6 Å². The van der Waals surface area contributed by atoms with Gasteiger partial charge in [-0.05, 0) is 17.0 Å². The Kier molecular flexibility index (Phi) is 6.41. The minimum Gasteiger partial charge on any atom is -0.335 e. The van der Waals surface area contributed by atoms with E-state index in [0.717, 1.165) is 19.3 Å². The van der Waals surface area contributed by atoms with Gasteiger partial charge in [0.1, 0.15) is 5.78 Å². The normalized spacial score (nSPS) is 21.6. The second-order valence-corrected chi connectivity index (χ2v) is 7.28. The third-order valence-electron chi connectivity index (χ3n) is 5.67. The molecule has 1 fully saturated rings.